The molecule has 3 aromatic carbocycles. The quantitative estimate of drug-likeness (QED) is 0.210. The molecule has 4 aromatic rings. The zero-order valence-electron chi connectivity index (χ0n) is 25.1. The summed E-state index contributed by atoms with van der Waals surface area (Å²) in [5.74, 6) is -1.94. The topological polar surface area (TPSA) is 121 Å². The van der Waals surface area contributed by atoms with Crippen molar-refractivity contribution in [2.24, 2.45) is 0 Å². The zero-order chi connectivity index (χ0) is 32.9. The van der Waals surface area contributed by atoms with Crippen LogP contribution in [-0.4, -0.2) is 44.9 Å². The van der Waals surface area contributed by atoms with Crippen molar-refractivity contribution in [1.29, 1.82) is 0 Å². The number of hydrogen-bond donors (Lipinski definition) is 3. The van der Waals surface area contributed by atoms with Gasteiger partial charge in [-0.3, -0.25) is 14.4 Å². The number of nitrogens with one attached hydrogen (secondary N) is 2. The van der Waals surface area contributed by atoms with E-state index >= 15 is 0 Å². The lowest BCUT2D eigenvalue weighted by atomic mass is 9.86. The molecule has 0 radical (unpaired) electrons. The van der Waals surface area contributed by atoms with Crippen LogP contribution in [0, 0.1) is 0 Å². The Morgan fingerprint density at radius 2 is 1.29 bits per heavy atom. The minimum Gasteiger partial charge on any atom is -0.480 e. The first-order valence-electron chi connectivity index (χ1n) is 14.2. The summed E-state index contributed by atoms with van der Waals surface area (Å²) in [6, 6.07) is 16.5. The average molecular weight is 619 g/mol. The molecule has 0 fully saturated rings. The van der Waals surface area contributed by atoms with Crippen molar-refractivity contribution in [3.63, 3.8) is 0 Å². The number of aromatic nitrogens is 2. The van der Waals surface area contributed by atoms with Crippen molar-refractivity contribution in [3.05, 3.63) is 107 Å². The Bertz CT molecular complexity index is 1650. The minimum absolute atomic E-state index is 0.0813. The smallest absolute Gasteiger partial charge is 0.416 e. The van der Waals surface area contributed by atoms with Crippen molar-refractivity contribution in [3.8, 4) is 22.5 Å². The van der Waals surface area contributed by atoms with Gasteiger partial charge in [0.15, 0.2) is 5.82 Å². The van der Waals surface area contributed by atoms with Gasteiger partial charge in [-0.1, -0.05) is 69.3 Å². The number of halogens is 3. The van der Waals surface area contributed by atoms with E-state index in [2.05, 4.69) is 41.4 Å². The van der Waals surface area contributed by atoms with Crippen LogP contribution in [0.15, 0.2) is 85.2 Å². The van der Waals surface area contributed by atoms with Crippen LogP contribution in [0.2, 0.25) is 0 Å². The van der Waals surface area contributed by atoms with Gasteiger partial charge in [0.05, 0.1) is 5.56 Å². The Morgan fingerprint density at radius 1 is 0.756 bits per heavy atom. The lowest BCUT2D eigenvalue weighted by Crippen LogP contribution is -2.51. The summed E-state index contributed by atoms with van der Waals surface area (Å²) in [6.45, 7) is 7.51. The highest BCUT2D eigenvalue weighted by Gasteiger charge is 2.30. The Kier molecular flexibility index (Phi) is 9.70. The zero-order valence-corrected chi connectivity index (χ0v) is 25.1. The molecule has 1 aromatic heterocycles. The van der Waals surface area contributed by atoms with E-state index in [0.717, 1.165) is 17.7 Å². The summed E-state index contributed by atoms with van der Waals surface area (Å²) >= 11 is 0. The molecule has 2 amide bonds. The van der Waals surface area contributed by atoms with Crippen molar-refractivity contribution in [2.45, 2.75) is 57.8 Å². The van der Waals surface area contributed by atoms with E-state index in [1.54, 1.807) is 36.4 Å². The molecule has 3 N–H and O–H groups in total. The second-order valence-corrected chi connectivity index (χ2v) is 11.7. The van der Waals surface area contributed by atoms with Gasteiger partial charge in [-0.25, -0.2) is 9.97 Å². The molecule has 0 spiro atoms. The summed E-state index contributed by atoms with van der Waals surface area (Å²) in [5.41, 5.74) is 3.00. The first-order chi connectivity index (χ1) is 21.1. The normalized spacial score (nSPS) is 13.0. The predicted molar refractivity (Wildman–Crippen MR) is 163 cm³/mol. The van der Waals surface area contributed by atoms with Gasteiger partial charge < -0.3 is 15.7 Å². The van der Waals surface area contributed by atoms with Crippen LogP contribution >= 0.6 is 0 Å². The average Bonchev–Trinajstić information content (AvgIpc) is 3.00. The number of aliphatic carboxylic acids is 1. The van der Waals surface area contributed by atoms with E-state index in [-0.39, 0.29) is 11.8 Å². The van der Waals surface area contributed by atoms with Crippen molar-refractivity contribution in [2.75, 3.05) is 0 Å². The Labute approximate surface area is 258 Å². The standard InChI is InChI=1S/C34H33F3N4O4/c1-20(32(44)45)40-31(43)28(41-30(42)24-11-13-26(14-12-24)33(2,3)4)17-21-5-7-23(8-6-21)29-38-18-25(19-39-29)22-9-15-27(16-10-22)34(35,36)37/h5-16,18-20,28H,17H2,1-4H3,(H,40,43)(H,41,42)(H,44,45). The number of benzene rings is 3. The molecule has 0 bridgehead atoms. The van der Waals surface area contributed by atoms with Crippen LogP contribution in [0.1, 0.15) is 54.7 Å². The molecule has 234 valence electrons. The molecule has 0 aliphatic heterocycles. The van der Waals surface area contributed by atoms with E-state index < -0.39 is 41.6 Å². The summed E-state index contributed by atoms with van der Waals surface area (Å²) < 4.78 is 38.6. The van der Waals surface area contributed by atoms with Gasteiger partial charge in [-0.15, -0.1) is 0 Å². The van der Waals surface area contributed by atoms with Gasteiger partial charge in [-0.05, 0) is 53.3 Å². The molecule has 45 heavy (non-hydrogen) atoms. The summed E-state index contributed by atoms with van der Waals surface area (Å²) in [5, 5.41) is 14.4. The Balaban J connectivity index is 1.49. The largest absolute Gasteiger partial charge is 0.480 e. The van der Waals surface area contributed by atoms with Gasteiger partial charge in [0.1, 0.15) is 12.1 Å². The van der Waals surface area contributed by atoms with Crippen LogP contribution in [0.4, 0.5) is 13.2 Å². The molecule has 2 unspecified atom stereocenters. The maximum Gasteiger partial charge on any atom is 0.416 e. The molecule has 0 aliphatic rings. The molecule has 1 heterocycles. The van der Waals surface area contributed by atoms with E-state index in [4.69, 9.17) is 0 Å². The molecular formula is C34H33F3N4O4. The number of rotatable bonds is 9. The van der Waals surface area contributed by atoms with Gasteiger partial charge >= 0.3 is 12.1 Å². The number of carbonyl (C=O) groups excluding carboxylic acids is 2. The van der Waals surface area contributed by atoms with Crippen LogP contribution in [0.25, 0.3) is 22.5 Å². The minimum atomic E-state index is -4.42. The highest BCUT2D eigenvalue weighted by atomic mass is 19.4. The maximum atomic E-state index is 13.1. The number of nitrogens with zero attached hydrogens (tertiary/aromatic N) is 2. The SMILES string of the molecule is CC(NC(=O)C(Cc1ccc(-c2ncc(-c3ccc(C(F)(F)F)cc3)cn2)cc1)NC(=O)c1ccc(C(C)(C)C)cc1)C(=O)O. The van der Waals surface area contributed by atoms with E-state index in [0.29, 0.717) is 33.6 Å². The summed E-state index contributed by atoms with van der Waals surface area (Å²) in [7, 11) is 0. The number of carboxylic acids is 1. The van der Waals surface area contributed by atoms with Gasteiger partial charge in [0, 0.05) is 35.5 Å². The number of carbonyl (C=O) groups is 3. The number of carboxylic acid groups (broad SMARTS) is 1. The highest BCUT2D eigenvalue weighted by Crippen LogP contribution is 2.31. The molecule has 2 atom stereocenters. The van der Waals surface area contributed by atoms with Crippen molar-refractivity contribution < 1.29 is 32.7 Å². The van der Waals surface area contributed by atoms with Crippen LogP contribution < -0.4 is 10.6 Å². The fourth-order valence-corrected chi connectivity index (χ4v) is 4.45. The molecule has 8 nitrogen and oxygen atoms in total. The number of hydrogen-bond acceptors (Lipinski definition) is 5. The first kappa shape index (κ1) is 32.8. The van der Waals surface area contributed by atoms with Gasteiger partial charge in [0.2, 0.25) is 5.91 Å². The van der Waals surface area contributed by atoms with Crippen molar-refractivity contribution >= 4 is 17.8 Å². The predicted octanol–water partition coefficient (Wildman–Crippen LogP) is 6.06. The van der Waals surface area contributed by atoms with Crippen LogP contribution in [-0.2, 0) is 27.6 Å². The van der Waals surface area contributed by atoms with Crippen LogP contribution in [0.5, 0.6) is 0 Å². The fourth-order valence-electron chi connectivity index (χ4n) is 4.45. The van der Waals surface area contributed by atoms with Crippen LogP contribution in [0.3, 0.4) is 0 Å². The van der Waals surface area contributed by atoms with Crippen molar-refractivity contribution in [1.82, 2.24) is 20.6 Å². The highest BCUT2D eigenvalue weighted by molar-refractivity contribution is 5.98. The van der Waals surface area contributed by atoms with E-state index in [9.17, 15) is 32.7 Å². The molecule has 0 aliphatic carbocycles. The second-order valence-electron chi connectivity index (χ2n) is 11.7. The number of alkyl halides is 3. The lowest BCUT2D eigenvalue weighted by Gasteiger charge is -2.21. The summed E-state index contributed by atoms with van der Waals surface area (Å²) in [6.07, 6.45) is -1.30. The monoisotopic (exact) mass is 618 g/mol. The maximum absolute atomic E-state index is 13.1. The summed E-state index contributed by atoms with van der Waals surface area (Å²) in [4.78, 5) is 46.2. The molecular weight excluding hydrogens is 585 g/mol. The first-order valence-corrected chi connectivity index (χ1v) is 14.2. The third-order valence-corrected chi connectivity index (χ3v) is 7.21. The van der Waals surface area contributed by atoms with E-state index in [1.807, 2.05) is 12.1 Å². The van der Waals surface area contributed by atoms with Gasteiger partial charge in [0.25, 0.3) is 5.91 Å². The van der Waals surface area contributed by atoms with Gasteiger partial charge in [-0.2, -0.15) is 13.2 Å². The molecule has 0 saturated carbocycles. The molecule has 11 heteroatoms. The lowest BCUT2D eigenvalue weighted by molar-refractivity contribution is -0.141. The van der Waals surface area contributed by atoms with E-state index in [1.165, 1.54) is 31.5 Å². The molecule has 0 saturated heterocycles. The molecule has 4 rings (SSSR count). The number of amides is 2. The third kappa shape index (κ3) is 8.53. The fraction of sp³-hybridized carbons (Fsp3) is 0.265. The third-order valence-electron chi connectivity index (χ3n) is 7.21. The second kappa shape index (κ2) is 13.3. The Hall–Kier alpha value is -5.06. The Morgan fingerprint density at radius 3 is 1.80 bits per heavy atom.